The van der Waals surface area contributed by atoms with Gasteiger partial charge in [-0.1, -0.05) is 0 Å². The Bertz CT molecular complexity index is 367. The highest BCUT2D eigenvalue weighted by Gasteiger charge is 2.42. The van der Waals surface area contributed by atoms with Crippen molar-refractivity contribution in [2.75, 3.05) is 39.5 Å². The minimum absolute atomic E-state index is 0.137. The zero-order valence-electron chi connectivity index (χ0n) is 12.2. The molecule has 0 bridgehead atoms. The Kier molecular flexibility index (Phi) is 3.88. The van der Waals surface area contributed by atoms with Crippen molar-refractivity contribution in [1.29, 1.82) is 0 Å². The quantitative estimate of drug-likeness (QED) is 0.795. The highest BCUT2D eigenvalue weighted by molar-refractivity contribution is 5.68. The largest absolute Gasteiger partial charge is 0.449 e. The van der Waals surface area contributed by atoms with Crippen molar-refractivity contribution in [2.45, 2.75) is 43.8 Å². The molecular formula is C14H25N3O3. The first-order chi connectivity index (χ1) is 9.58. The maximum Gasteiger partial charge on any atom is 0.410 e. The zero-order chi connectivity index (χ0) is 14.2. The number of likely N-dealkylation sites (tertiary alicyclic amines) is 1. The molecular weight excluding hydrogens is 258 g/mol. The Hall–Kier alpha value is -0.850. The summed E-state index contributed by atoms with van der Waals surface area (Å²) in [5.74, 6) is 0. The fourth-order valence-corrected chi connectivity index (χ4v) is 3.61. The SMILES string of the molecule is CC1(N)COCC1N1CCC(N2CCCOC2=O)CC1. The predicted molar refractivity (Wildman–Crippen MR) is 74.5 cm³/mol. The first-order valence-corrected chi connectivity index (χ1v) is 7.62. The number of hydrogen-bond acceptors (Lipinski definition) is 5. The summed E-state index contributed by atoms with van der Waals surface area (Å²) in [7, 11) is 0. The van der Waals surface area contributed by atoms with E-state index in [9.17, 15) is 4.79 Å². The van der Waals surface area contributed by atoms with Crippen LogP contribution in [-0.2, 0) is 9.47 Å². The molecule has 0 spiro atoms. The van der Waals surface area contributed by atoms with Crippen LogP contribution in [-0.4, -0.2) is 73.0 Å². The van der Waals surface area contributed by atoms with Crippen LogP contribution in [0.2, 0.25) is 0 Å². The lowest BCUT2D eigenvalue weighted by Crippen LogP contribution is -2.59. The lowest BCUT2D eigenvalue weighted by Gasteiger charge is -2.43. The third-order valence-corrected chi connectivity index (χ3v) is 4.83. The summed E-state index contributed by atoms with van der Waals surface area (Å²) in [6.07, 6.45) is 2.81. The number of hydrogen-bond donors (Lipinski definition) is 1. The van der Waals surface area contributed by atoms with Gasteiger partial charge >= 0.3 is 6.09 Å². The van der Waals surface area contributed by atoms with E-state index < -0.39 is 0 Å². The first-order valence-electron chi connectivity index (χ1n) is 7.62. The molecule has 6 heteroatoms. The van der Waals surface area contributed by atoms with E-state index in [1.54, 1.807) is 0 Å². The van der Waals surface area contributed by atoms with Crippen molar-refractivity contribution in [1.82, 2.24) is 9.80 Å². The van der Waals surface area contributed by atoms with E-state index in [1.165, 1.54) is 0 Å². The molecule has 0 radical (unpaired) electrons. The standard InChI is InChI=1S/C14H25N3O3/c1-14(15)10-19-9-12(14)16-6-3-11(4-7-16)17-5-2-8-20-13(17)18/h11-12H,2-10,15H2,1H3. The number of nitrogens with two attached hydrogens (primary N) is 1. The van der Waals surface area contributed by atoms with Crippen molar-refractivity contribution in [3.63, 3.8) is 0 Å². The topological polar surface area (TPSA) is 68.0 Å². The third kappa shape index (κ3) is 2.64. The molecule has 2 N–H and O–H groups in total. The Balaban J connectivity index is 1.55. The number of carbonyl (C=O) groups excluding carboxylic acids is 1. The van der Waals surface area contributed by atoms with E-state index in [-0.39, 0.29) is 11.6 Å². The van der Waals surface area contributed by atoms with E-state index in [1.807, 2.05) is 4.90 Å². The average molecular weight is 283 g/mol. The van der Waals surface area contributed by atoms with E-state index in [2.05, 4.69) is 11.8 Å². The fourth-order valence-electron chi connectivity index (χ4n) is 3.61. The van der Waals surface area contributed by atoms with Gasteiger partial charge < -0.3 is 20.1 Å². The lowest BCUT2D eigenvalue weighted by molar-refractivity contribution is 0.0273. The number of carbonyl (C=O) groups is 1. The summed E-state index contributed by atoms with van der Waals surface area (Å²) in [4.78, 5) is 16.1. The zero-order valence-corrected chi connectivity index (χ0v) is 12.2. The molecule has 3 saturated heterocycles. The van der Waals surface area contributed by atoms with Gasteiger partial charge in [0.05, 0.1) is 31.4 Å². The van der Waals surface area contributed by atoms with E-state index >= 15 is 0 Å². The highest BCUT2D eigenvalue weighted by atomic mass is 16.6. The molecule has 3 fully saturated rings. The Morgan fingerprint density at radius 2 is 2.05 bits per heavy atom. The minimum Gasteiger partial charge on any atom is -0.449 e. The number of nitrogens with zero attached hydrogens (tertiary/aromatic N) is 2. The van der Waals surface area contributed by atoms with Gasteiger partial charge in [-0.2, -0.15) is 0 Å². The van der Waals surface area contributed by atoms with Crippen LogP contribution in [0.4, 0.5) is 4.79 Å². The Morgan fingerprint density at radius 3 is 2.65 bits per heavy atom. The van der Waals surface area contributed by atoms with Gasteiger partial charge in [-0.15, -0.1) is 0 Å². The Labute approximate surface area is 120 Å². The Morgan fingerprint density at radius 1 is 1.30 bits per heavy atom. The predicted octanol–water partition coefficient (Wildman–Crippen LogP) is 0.409. The van der Waals surface area contributed by atoms with Crippen molar-refractivity contribution in [2.24, 2.45) is 5.73 Å². The second-order valence-corrected chi connectivity index (χ2v) is 6.47. The molecule has 0 aromatic heterocycles. The minimum atomic E-state index is -0.253. The summed E-state index contributed by atoms with van der Waals surface area (Å²) in [5.41, 5.74) is 6.05. The number of cyclic esters (lactones) is 1. The van der Waals surface area contributed by atoms with Crippen LogP contribution < -0.4 is 5.73 Å². The molecule has 6 nitrogen and oxygen atoms in total. The van der Waals surface area contributed by atoms with Crippen molar-refractivity contribution in [3.05, 3.63) is 0 Å². The molecule has 2 unspecified atom stereocenters. The number of rotatable bonds is 2. The summed E-state index contributed by atoms with van der Waals surface area (Å²) in [6, 6.07) is 0.627. The third-order valence-electron chi connectivity index (χ3n) is 4.83. The van der Waals surface area contributed by atoms with Crippen molar-refractivity contribution < 1.29 is 14.3 Å². The molecule has 3 heterocycles. The van der Waals surface area contributed by atoms with Crippen LogP contribution in [0, 0.1) is 0 Å². The van der Waals surface area contributed by atoms with Gasteiger partial charge in [-0.25, -0.2) is 4.79 Å². The molecule has 3 aliphatic heterocycles. The van der Waals surface area contributed by atoms with Crippen molar-refractivity contribution in [3.8, 4) is 0 Å². The molecule has 20 heavy (non-hydrogen) atoms. The number of amides is 1. The average Bonchev–Trinajstić information content (AvgIpc) is 2.79. The molecule has 3 rings (SSSR count). The molecule has 0 aliphatic carbocycles. The maximum atomic E-state index is 11.8. The first kappa shape index (κ1) is 14.1. The monoisotopic (exact) mass is 283 g/mol. The number of piperidine rings is 1. The van der Waals surface area contributed by atoms with Crippen LogP contribution in [0.25, 0.3) is 0 Å². The summed E-state index contributed by atoms with van der Waals surface area (Å²) in [6.45, 7) is 6.80. The molecule has 2 atom stereocenters. The molecule has 3 aliphatic rings. The van der Waals surface area contributed by atoms with Gasteiger partial charge in [0.25, 0.3) is 0 Å². The molecule has 1 amide bonds. The smallest absolute Gasteiger partial charge is 0.410 e. The van der Waals surface area contributed by atoms with Crippen LogP contribution in [0.5, 0.6) is 0 Å². The normalized spacial score (nSPS) is 37.2. The van der Waals surface area contributed by atoms with E-state index in [0.29, 0.717) is 25.3 Å². The van der Waals surface area contributed by atoms with E-state index in [4.69, 9.17) is 15.2 Å². The molecule has 0 aromatic carbocycles. The highest BCUT2D eigenvalue weighted by Crippen LogP contribution is 2.27. The van der Waals surface area contributed by atoms with Gasteiger partial charge in [0.15, 0.2) is 0 Å². The lowest BCUT2D eigenvalue weighted by atomic mass is 9.93. The van der Waals surface area contributed by atoms with Gasteiger partial charge in [0.1, 0.15) is 0 Å². The van der Waals surface area contributed by atoms with Gasteiger partial charge in [-0.3, -0.25) is 4.90 Å². The van der Waals surface area contributed by atoms with Crippen molar-refractivity contribution >= 4 is 6.09 Å². The second kappa shape index (κ2) is 5.50. The van der Waals surface area contributed by atoms with Crippen LogP contribution in [0.1, 0.15) is 26.2 Å². The molecule has 0 aromatic rings. The van der Waals surface area contributed by atoms with Gasteiger partial charge in [0, 0.05) is 25.7 Å². The molecule has 114 valence electrons. The van der Waals surface area contributed by atoms with Gasteiger partial charge in [-0.05, 0) is 26.2 Å². The molecule has 0 saturated carbocycles. The summed E-state index contributed by atoms with van der Waals surface area (Å²) in [5, 5.41) is 0. The fraction of sp³-hybridized carbons (Fsp3) is 0.929. The number of ether oxygens (including phenoxy) is 2. The van der Waals surface area contributed by atoms with Crippen LogP contribution >= 0.6 is 0 Å². The second-order valence-electron chi connectivity index (χ2n) is 6.47. The van der Waals surface area contributed by atoms with Crippen LogP contribution in [0.3, 0.4) is 0 Å². The maximum absolute atomic E-state index is 11.8. The van der Waals surface area contributed by atoms with Gasteiger partial charge in [0.2, 0.25) is 0 Å². The summed E-state index contributed by atoms with van der Waals surface area (Å²) >= 11 is 0. The van der Waals surface area contributed by atoms with E-state index in [0.717, 1.165) is 45.5 Å². The van der Waals surface area contributed by atoms with Crippen LogP contribution in [0.15, 0.2) is 0 Å². The summed E-state index contributed by atoms with van der Waals surface area (Å²) < 4.78 is 10.7.